The highest BCUT2D eigenvalue weighted by Crippen LogP contribution is 2.42. The number of rotatable bonds is 3. The van der Waals surface area contributed by atoms with Gasteiger partial charge in [-0.25, -0.2) is 4.98 Å². The van der Waals surface area contributed by atoms with Crippen LogP contribution in [-0.4, -0.2) is 26.7 Å². The number of aromatic amines is 1. The predicted molar refractivity (Wildman–Crippen MR) is 80.7 cm³/mol. The van der Waals surface area contributed by atoms with Gasteiger partial charge < -0.3 is 4.98 Å². The van der Waals surface area contributed by atoms with Crippen LogP contribution in [0.2, 0.25) is 0 Å². The summed E-state index contributed by atoms with van der Waals surface area (Å²) >= 11 is 3.94. The maximum Gasteiger partial charge on any atom is 0.254 e. The number of H-pyrrole nitrogens is 1. The summed E-state index contributed by atoms with van der Waals surface area (Å²) in [6.45, 7) is 6.12. The van der Waals surface area contributed by atoms with Crippen molar-refractivity contribution in [2.45, 2.75) is 44.1 Å². The van der Waals surface area contributed by atoms with E-state index < -0.39 is 0 Å². The van der Waals surface area contributed by atoms with Gasteiger partial charge in [0.2, 0.25) is 0 Å². The molecule has 1 fully saturated rings. The first-order chi connectivity index (χ1) is 8.67. The molecular weight excluding hydrogens is 264 g/mol. The van der Waals surface area contributed by atoms with Crippen molar-refractivity contribution in [2.24, 2.45) is 0 Å². The van der Waals surface area contributed by atoms with Crippen LogP contribution in [0.1, 0.15) is 42.6 Å². The Kier molecular flexibility index (Phi) is 4.78. The maximum atomic E-state index is 11.9. The van der Waals surface area contributed by atoms with Gasteiger partial charge in [0.1, 0.15) is 5.82 Å². The normalized spacial score (nSPS) is 24.2. The lowest BCUT2D eigenvalue weighted by molar-refractivity contribution is 0.732. The van der Waals surface area contributed by atoms with E-state index in [-0.39, 0.29) is 5.56 Å². The Balaban J connectivity index is 2.37. The lowest BCUT2D eigenvalue weighted by atomic mass is 10.2. The molecular formula is C13H20N2OS2. The van der Waals surface area contributed by atoms with Crippen molar-refractivity contribution in [3.8, 4) is 0 Å². The van der Waals surface area contributed by atoms with Crippen LogP contribution in [0.25, 0.3) is 0 Å². The fourth-order valence-corrected chi connectivity index (χ4v) is 5.25. The number of aryl methyl sites for hydroxylation is 1. The first-order valence-corrected chi connectivity index (χ1v) is 8.60. The quantitative estimate of drug-likeness (QED) is 0.927. The number of nitrogens with one attached hydrogen (secondary N) is 1. The molecule has 0 amide bonds. The third-order valence-corrected chi connectivity index (χ3v) is 6.58. The largest absolute Gasteiger partial charge is 0.309 e. The summed E-state index contributed by atoms with van der Waals surface area (Å²) in [6, 6.07) is 0. The average molecular weight is 284 g/mol. The molecule has 1 saturated heterocycles. The number of nitrogens with zero attached hydrogens (tertiary/aromatic N) is 1. The number of hydrogen-bond donors (Lipinski definition) is 1. The summed E-state index contributed by atoms with van der Waals surface area (Å²) in [5, 5.41) is 0.909. The molecule has 1 N–H and O–H groups in total. The Hall–Kier alpha value is -0.420. The molecule has 0 radical (unpaired) electrons. The SMILES string of the molecule is CCc1nc(C2SCCSC2CC)[nH]c(=O)c1C. The van der Waals surface area contributed by atoms with Crippen molar-refractivity contribution in [3.05, 3.63) is 27.4 Å². The Bertz CT molecular complexity index is 473. The van der Waals surface area contributed by atoms with Gasteiger partial charge in [-0.1, -0.05) is 13.8 Å². The molecule has 18 heavy (non-hydrogen) atoms. The molecule has 2 rings (SSSR count). The fourth-order valence-electron chi connectivity index (χ4n) is 2.23. The lowest BCUT2D eigenvalue weighted by Crippen LogP contribution is -2.25. The molecule has 1 aliphatic heterocycles. The molecule has 2 unspecified atom stereocenters. The predicted octanol–water partition coefficient (Wildman–Crippen LogP) is 2.94. The van der Waals surface area contributed by atoms with Crippen molar-refractivity contribution in [1.82, 2.24) is 9.97 Å². The van der Waals surface area contributed by atoms with E-state index in [0.717, 1.165) is 35.7 Å². The van der Waals surface area contributed by atoms with Crippen LogP contribution >= 0.6 is 23.5 Å². The first kappa shape index (κ1) is 14.0. The summed E-state index contributed by atoms with van der Waals surface area (Å²) in [6.07, 6.45) is 1.95. The third kappa shape index (κ3) is 2.77. The standard InChI is InChI=1S/C13H20N2OS2/c1-4-9-8(3)13(16)15-12(14-9)11-10(5-2)17-6-7-18-11/h10-11H,4-7H2,1-3H3,(H,14,15,16). The topological polar surface area (TPSA) is 45.8 Å². The van der Waals surface area contributed by atoms with Gasteiger partial charge in [0.25, 0.3) is 5.56 Å². The van der Waals surface area contributed by atoms with E-state index in [1.54, 1.807) is 0 Å². The maximum absolute atomic E-state index is 11.9. The second-order valence-electron chi connectivity index (χ2n) is 4.49. The smallest absolute Gasteiger partial charge is 0.254 e. The van der Waals surface area contributed by atoms with Crippen molar-refractivity contribution in [2.75, 3.05) is 11.5 Å². The monoisotopic (exact) mass is 284 g/mol. The van der Waals surface area contributed by atoms with Crippen LogP contribution in [0.3, 0.4) is 0 Å². The number of hydrogen-bond acceptors (Lipinski definition) is 4. The lowest BCUT2D eigenvalue weighted by Gasteiger charge is -2.29. The molecule has 0 aliphatic carbocycles. The van der Waals surface area contributed by atoms with Crippen LogP contribution < -0.4 is 5.56 Å². The average Bonchev–Trinajstić information content (AvgIpc) is 2.41. The second-order valence-corrected chi connectivity index (χ2v) is 7.08. The van der Waals surface area contributed by atoms with E-state index in [2.05, 4.69) is 23.8 Å². The Labute approximate surface area is 117 Å². The van der Waals surface area contributed by atoms with Crippen LogP contribution in [0.4, 0.5) is 0 Å². The molecule has 2 heterocycles. The molecule has 1 aromatic heterocycles. The van der Waals surface area contributed by atoms with E-state index >= 15 is 0 Å². The van der Waals surface area contributed by atoms with Crippen molar-refractivity contribution in [3.63, 3.8) is 0 Å². The summed E-state index contributed by atoms with van der Waals surface area (Å²) in [7, 11) is 0. The van der Waals surface area contributed by atoms with Gasteiger partial charge in [0, 0.05) is 22.3 Å². The zero-order valence-electron chi connectivity index (χ0n) is 11.2. The van der Waals surface area contributed by atoms with Crippen LogP contribution in [-0.2, 0) is 6.42 Å². The van der Waals surface area contributed by atoms with Crippen molar-refractivity contribution in [1.29, 1.82) is 0 Å². The Morgan fingerprint density at radius 2 is 2.06 bits per heavy atom. The van der Waals surface area contributed by atoms with Gasteiger partial charge in [-0.3, -0.25) is 4.79 Å². The summed E-state index contributed by atoms with van der Waals surface area (Å²) in [5.41, 5.74) is 1.74. The fraction of sp³-hybridized carbons (Fsp3) is 0.692. The van der Waals surface area contributed by atoms with E-state index in [4.69, 9.17) is 0 Å². The molecule has 0 aromatic carbocycles. The molecule has 1 aliphatic rings. The molecule has 100 valence electrons. The van der Waals surface area contributed by atoms with Gasteiger partial charge in [-0.2, -0.15) is 11.8 Å². The molecule has 3 nitrogen and oxygen atoms in total. The zero-order chi connectivity index (χ0) is 13.1. The second kappa shape index (κ2) is 6.15. The van der Waals surface area contributed by atoms with Gasteiger partial charge in [0.15, 0.2) is 0 Å². The van der Waals surface area contributed by atoms with Crippen LogP contribution in [0.15, 0.2) is 4.79 Å². The van der Waals surface area contributed by atoms with Gasteiger partial charge >= 0.3 is 0 Å². The van der Waals surface area contributed by atoms with Gasteiger partial charge in [-0.15, -0.1) is 11.8 Å². The summed E-state index contributed by atoms with van der Waals surface area (Å²) in [5.74, 6) is 3.23. The van der Waals surface area contributed by atoms with Crippen LogP contribution in [0, 0.1) is 6.92 Å². The van der Waals surface area contributed by atoms with E-state index in [1.807, 2.05) is 30.4 Å². The molecule has 5 heteroatoms. The molecule has 2 atom stereocenters. The van der Waals surface area contributed by atoms with Gasteiger partial charge in [-0.05, 0) is 19.8 Å². The highest BCUT2D eigenvalue weighted by atomic mass is 32.2. The zero-order valence-corrected chi connectivity index (χ0v) is 12.8. The minimum absolute atomic E-state index is 0.0304. The van der Waals surface area contributed by atoms with Crippen molar-refractivity contribution < 1.29 is 0 Å². The number of thioether (sulfide) groups is 2. The molecule has 0 saturated carbocycles. The summed E-state index contributed by atoms with van der Waals surface area (Å²) in [4.78, 5) is 19.6. The van der Waals surface area contributed by atoms with E-state index in [9.17, 15) is 4.79 Å². The Morgan fingerprint density at radius 3 is 2.72 bits per heavy atom. The first-order valence-electron chi connectivity index (χ1n) is 6.50. The van der Waals surface area contributed by atoms with Crippen molar-refractivity contribution >= 4 is 23.5 Å². The van der Waals surface area contributed by atoms with E-state index in [0.29, 0.717) is 10.5 Å². The van der Waals surface area contributed by atoms with Crippen LogP contribution in [0.5, 0.6) is 0 Å². The Morgan fingerprint density at radius 1 is 1.33 bits per heavy atom. The van der Waals surface area contributed by atoms with Gasteiger partial charge in [0.05, 0.1) is 10.9 Å². The molecule has 1 aromatic rings. The third-order valence-electron chi connectivity index (χ3n) is 3.33. The van der Waals surface area contributed by atoms with E-state index in [1.165, 1.54) is 5.75 Å². The molecule has 0 bridgehead atoms. The highest BCUT2D eigenvalue weighted by Gasteiger charge is 2.28. The minimum Gasteiger partial charge on any atom is -0.309 e. The highest BCUT2D eigenvalue weighted by molar-refractivity contribution is 8.06. The number of aromatic nitrogens is 2. The minimum atomic E-state index is 0.0304. The molecule has 0 spiro atoms. The summed E-state index contributed by atoms with van der Waals surface area (Å²) < 4.78 is 0.